The molecular formula is C16H18BrNO. The molecule has 1 unspecified atom stereocenters. The minimum absolute atomic E-state index is 0.104. The van der Waals surface area contributed by atoms with Gasteiger partial charge in [-0.1, -0.05) is 51.8 Å². The SMILES string of the molecule is Cc1ccc(O)c(C(C)NCc2ccccc2Br)c1. The van der Waals surface area contributed by atoms with Gasteiger partial charge < -0.3 is 10.4 Å². The zero-order valence-corrected chi connectivity index (χ0v) is 12.7. The fourth-order valence-electron chi connectivity index (χ4n) is 2.04. The van der Waals surface area contributed by atoms with Crippen LogP contribution in [0.5, 0.6) is 5.75 Å². The maximum Gasteiger partial charge on any atom is 0.120 e. The van der Waals surface area contributed by atoms with Gasteiger partial charge in [-0.2, -0.15) is 0 Å². The lowest BCUT2D eigenvalue weighted by molar-refractivity contribution is 0.452. The van der Waals surface area contributed by atoms with Crippen molar-refractivity contribution in [1.82, 2.24) is 5.32 Å². The lowest BCUT2D eigenvalue weighted by Crippen LogP contribution is -2.18. The molecule has 0 spiro atoms. The Labute approximate surface area is 122 Å². The summed E-state index contributed by atoms with van der Waals surface area (Å²) in [4.78, 5) is 0. The number of phenols is 1. The highest BCUT2D eigenvalue weighted by Crippen LogP contribution is 2.25. The number of nitrogens with one attached hydrogen (secondary N) is 1. The van der Waals surface area contributed by atoms with Crippen molar-refractivity contribution in [1.29, 1.82) is 0 Å². The molecule has 0 aromatic heterocycles. The molecule has 1 atom stereocenters. The van der Waals surface area contributed by atoms with E-state index in [1.54, 1.807) is 6.07 Å². The van der Waals surface area contributed by atoms with Crippen LogP contribution < -0.4 is 5.32 Å². The molecule has 2 aromatic carbocycles. The molecule has 0 aliphatic heterocycles. The predicted octanol–water partition coefficient (Wildman–Crippen LogP) is 4.31. The Morgan fingerprint density at radius 2 is 1.95 bits per heavy atom. The Morgan fingerprint density at radius 3 is 2.68 bits per heavy atom. The van der Waals surface area contributed by atoms with Crippen molar-refractivity contribution in [2.75, 3.05) is 0 Å². The molecule has 2 aromatic rings. The summed E-state index contributed by atoms with van der Waals surface area (Å²) >= 11 is 3.54. The first-order valence-electron chi connectivity index (χ1n) is 6.34. The number of halogens is 1. The van der Waals surface area contributed by atoms with Gasteiger partial charge in [0.15, 0.2) is 0 Å². The first-order chi connectivity index (χ1) is 9.08. The summed E-state index contributed by atoms with van der Waals surface area (Å²) < 4.78 is 1.10. The minimum Gasteiger partial charge on any atom is -0.508 e. The molecule has 2 nitrogen and oxygen atoms in total. The Morgan fingerprint density at radius 1 is 1.21 bits per heavy atom. The third kappa shape index (κ3) is 3.58. The van der Waals surface area contributed by atoms with Crippen LogP contribution in [0.4, 0.5) is 0 Å². The summed E-state index contributed by atoms with van der Waals surface area (Å²) in [5, 5.41) is 13.3. The van der Waals surface area contributed by atoms with E-state index in [-0.39, 0.29) is 6.04 Å². The van der Waals surface area contributed by atoms with Gasteiger partial charge in [0.05, 0.1) is 0 Å². The van der Waals surface area contributed by atoms with Gasteiger partial charge in [-0.15, -0.1) is 0 Å². The zero-order chi connectivity index (χ0) is 13.8. The minimum atomic E-state index is 0.104. The van der Waals surface area contributed by atoms with E-state index in [4.69, 9.17) is 0 Å². The molecule has 19 heavy (non-hydrogen) atoms. The van der Waals surface area contributed by atoms with E-state index >= 15 is 0 Å². The fourth-order valence-corrected chi connectivity index (χ4v) is 2.46. The van der Waals surface area contributed by atoms with E-state index in [1.165, 1.54) is 5.56 Å². The summed E-state index contributed by atoms with van der Waals surface area (Å²) in [5.41, 5.74) is 3.30. The van der Waals surface area contributed by atoms with Gasteiger partial charge in [0, 0.05) is 22.6 Å². The summed E-state index contributed by atoms with van der Waals surface area (Å²) in [6, 6.07) is 13.9. The van der Waals surface area contributed by atoms with Gasteiger partial charge in [0.1, 0.15) is 5.75 Å². The topological polar surface area (TPSA) is 32.3 Å². The zero-order valence-electron chi connectivity index (χ0n) is 11.2. The van der Waals surface area contributed by atoms with Crippen molar-refractivity contribution in [3.05, 3.63) is 63.6 Å². The van der Waals surface area contributed by atoms with Crippen LogP contribution in [0.3, 0.4) is 0 Å². The highest BCUT2D eigenvalue weighted by molar-refractivity contribution is 9.10. The number of phenolic OH excluding ortho intramolecular Hbond substituents is 1. The number of aromatic hydroxyl groups is 1. The lowest BCUT2D eigenvalue weighted by Gasteiger charge is -2.17. The van der Waals surface area contributed by atoms with Crippen LogP contribution in [-0.4, -0.2) is 5.11 Å². The Balaban J connectivity index is 2.07. The second kappa shape index (κ2) is 6.22. The Kier molecular flexibility index (Phi) is 4.61. The average molecular weight is 320 g/mol. The molecule has 100 valence electrons. The van der Waals surface area contributed by atoms with Gasteiger partial charge in [-0.25, -0.2) is 0 Å². The second-order valence-electron chi connectivity index (χ2n) is 4.76. The van der Waals surface area contributed by atoms with Crippen molar-refractivity contribution in [3.63, 3.8) is 0 Å². The molecule has 0 saturated heterocycles. The van der Waals surface area contributed by atoms with Gasteiger partial charge in [-0.3, -0.25) is 0 Å². The lowest BCUT2D eigenvalue weighted by atomic mass is 10.0. The molecule has 0 aliphatic rings. The van der Waals surface area contributed by atoms with E-state index in [1.807, 2.05) is 37.3 Å². The Hall–Kier alpha value is -1.32. The number of hydrogen-bond acceptors (Lipinski definition) is 2. The monoisotopic (exact) mass is 319 g/mol. The largest absolute Gasteiger partial charge is 0.508 e. The van der Waals surface area contributed by atoms with Crippen LogP contribution in [0.1, 0.15) is 29.7 Å². The van der Waals surface area contributed by atoms with E-state index in [9.17, 15) is 5.11 Å². The molecular weight excluding hydrogens is 302 g/mol. The number of rotatable bonds is 4. The third-order valence-electron chi connectivity index (χ3n) is 3.21. The molecule has 0 fully saturated rings. The van der Waals surface area contributed by atoms with Crippen molar-refractivity contribution in [2.45, 2.75) is 26.4 Å². The molecule has 0 heterocycles. The summed E-state index contributed by atoms with van der Waals surface area (Å²) in [6.45, 7) is 4.85. The van der Waals surface area contributed by atoms with E-state index in [2.05, 4.69) is 34.2 Å². The van der Waals surface area contributed by atoms with E-state index in [0.717, 1.165) is 22.1 Å². The Bertz CT molecular complexity index is 568. The fraction of sp³-hybridized carbons (Fsp3) is 0.250. The van der Waals surface area contributed by atoms with E-state index in [0.29, 0.717) is 5.75 Å². The number of hydrogen-bond donors (Lipinski definition) is 2. The first kappa shape index (κ1) is 14.1. The number of aryl methyl sites for hydroxylation is 1. The summed E-state index contributed by atoms with van der Waals surface area (Å²) in [5.74, 6) is 0.345. The summed E-state index contributed by atoms with van der Waals surface area (Å²) in [6.07, 6.45) is 0. The highest BCUT2D eigenvalue weighted by Gasteiger charge is 2.10. The molecule has 0 radical (unpaired) electrons. The second-order valence-corrected chi connectivity index (χ2v) is 5.61. The van der Waals surface area contributed by atoms with Gasteiger partial charge in [-0.05, 0) is 31.5 Å². The smallest absolute Gasteiger partial charge is 0.120 e. The van der Waals surface area contributed by atoms with Crippen LogP contribution in [0, 0.1) is 6.92 Å². The van der Waals surface area contributed by atoms with Crippen LogP contribution in [0.15, 0.2) is 46.9 Å². The maximum atomic E-state index is 9.91. The highest BCUT2D eigenvalue weighted by atomic mass is 79.9. The van der Waals surface area contributed by atoms with Crippen molar-refractivity contribution in [3.8, 4) is 5.75 Å². The molecule has 0 bridgehead atoms. The standard InChI is InChI=1S/C16H18BrNO/c1-11-7-8-16(19)14(9-11)12(2)18-10-13-5-3-4-6-15(13)17/h3-9,12,18-19H,10H2,1-2H3. The first-order valence-corrected chi connectivity index (χ1v) is 7.13. The molecule has 3 heteroatoms. The molecule has 0 saturated carbocycles. The van der Waals surface area contributed by atoms with Gasteiger partial charge >= 0.3 is 0 Å². The third-order valence-corrected chi connectivity index (χ3v) is 3.98. The van der Waals surface area contributed by atoms with Crippen molar-refractivity contribution in [2.24, 2.45) is 0 Å². The number of benzene rings is 2. The van der Waals surface area contributed by atoms with Gasteiger partial charge in [0.25, 0.3) is 0 Å². The van der Waals surface area contributed by atoms with Crippen molar-refractivity contribution < 1.29 is 5.11 Å². The average Bonchev–Trinajstić information content (AvgIpc) is 2.40. The molecule has 2 N–H and O–H groups in total. The molecule has 0 aliphatic carbocycles. The normalized spacial score (nSPS) is 12.4. The van der Waals surface area contributed by atoms with Crippen LogP contribution in [0.25, 0.3) is 0 Å². The van der Waals surface area contributed by atoms with Gasteiger partial charge in [0.2, 0.25) is 0 Å². The van der Waals surface area contributed by atoms with Crippen LogP contribution in [0.2, 0.25) is 0 Å². The van der Waals surface area contributed by atoms with Crippen molar-refractivity contribution >= 4 is 15.9 Å². The molecule has 0 amide bonds. The maximum absolute atomic E-state index is 9.91. The van der Waals surface area contributed by atoms with E-state index < -0.39 is 0 Å². The van der Waals surface area contributed by atoms with Crippen LogP contribution >= 0.6 is 15.9 Å². The predicted molar refractivity (Wildman–Crippen MR) is 82.2 cm³/mol. The van der Waals surface area contributed by atoms with Crippen LogP contribution in [-0.2, 0) is 6.54 Å². The summed E-state index contributed by atoms with van der Waals surface area (Å²) in [7, 11) is 0. The molecule has 2 rings (SSSR count). The quantitative estimate of drug-likeness (QED) is 0.879.